The lowest BCUT2D eigenvalue weighted by atomic mass is 10.4. The van der Waals surface area contributed by atoms with Gasteiger partial charge in [-0.3, -0.25) is 0 Å². The Bertz CT molecular complexity index is 206. The molecule has 1 rings (SSSR count). The summed E-state index contributed by atoms with van der Waals surface area (Å²) in [5.41, 5.74) is 0. The van der Waals surface area contributed by atoms with Gasteiger partial charge in [0.05, 0.1) is 15.1 Å². The highest BCUT2D eigenvalue weighted by atomic mass is 35.5. The van der Waals surface area contributed by atoms with E-state index in [-0.39, 0.29) is 74.4 Å². The summed E-state index contributed by atoms with van der Waals surface area (Å²) >= 11 is 16.8. The van der Waals surface area contributed by atoms with Crippen LogP contribution in [0.5, 0.6) is 0 Å². The molecule has 0 fully saturated rings. The van der Waals surface area contributed by atoms with E-state index in [0.29, 0.717) is 15.1 Å². The SMILES string of the molecule is Cl.Cl.Cl.Cl.Cl.Cl.Clc1cccc(Cl)c1Cl. The maximum absolute atomic E-state index is 5.61. The standard InChI is InChI=1S/C6H3Cl3.6ClH/c7-4-2-1-3-5(8)6(4)9;;;;;;/h1-3H;6*1H. The van der Waals surface area contributed by atoms with Gasteiger partial charge in [-0.15, -0.1) is 74.4 Å². The third kappa shape index (κ3) is 12.1. The molecule has 0 aromatic heterocycles. The maximum Gasteiger partial charge on any atom is 0.0778 e. The third-order valence-electron chi connectivity index (χ3n) is 0.904. The van der Waals surface area contributed by atoms with Crippen LogP contribution in [0.3, 0.4) is 0 Å². The molecule has 1 aromatic carbocycles. The van der Waals surface area contributed by atoms with Gasteiger partial charge in [-0.1, -0.05) is 40.9 Å². The van der Waals surface area contributed by atoms with E-state index in [4.69, 9.17) is 34.8 Å². The molecule has 15 heavy (non-hydrogen) atoms. The van der Waals surface area contributed by atoms with Gasteiger partial charge in [-0.2, -0.15) is 0 Å². The van der Waals surface area contributed by atoms with Crippen molar-refractivity contribution in [2.75, 3.05) is 0 Å². The molecule has 0 nitrogen and oxygen atoms in total. The van der Waals surface area contributed by atoms with E-state index in [2.05, 4.69) is 0 Å². The van der Waals surface area contributed by atoms with Gasteiger partial charge >= 0.3 is 0 Å². The fraction of sp³-hybridized carbons (Fsp3) is 0. The Hall–Kier alpha value is 1.83. The molecule has 0 aliphatic heterocycles. The van der Waals surface area contributed by atoms with Crippen LogP contribution in [0.1, 0.15) is 0 Å². The first-order valence-electron chi connectivity index (χ1n) is 2.31. The lowest BCUT2D eigenvalue weighted by Gasteiger charge is -1.94. The normalized spacial score (nSPS) is 5.80. The molecule has 0 bridgehead atoms. The zero-order valence-corrected chi connectivity index (χ0v) is 14.0. The van der Waals surface area contributed by atoms with Crippen molar-refractivity contribution in [3.63, 3.8) is 0 Å². The molecule has 0 unspecified atom stereocenters. The molecule has 0 atom stereocenters. The minimum absolute atomic E-state index is 0. The van der Waals surface area contributed by atoms with Crippen LogP contribution in [-0.2, 0) is 0 Å². The van der Waals surface area contributed by atoms with E-state index in [1.54, 1.807) is 18.2 Å². The molecule has 0 radical (unpaired) electrons. The molecule has 0 amide bonds. The summed E-state index contributed by atoms with van der Waals surface area (Å²) in [5.74, 6) is 0. The second-order valence-electron chi connectivity index (χ2n) is 1.54. The zero-order valence-electron chi connectivity index (χ0n) is 6.82. The van der Waals surface area contributed by atoms with Gasteiger partial charge in [0.15, 0.2) is 0 Å². The molecular formula is C6H9Cl9. The highest BCUT2D eigenvalue weighted by molar-refractivity contribution is 6.47. The Morgan fingerprint density at radius 1 is 0.600 bits per heavy atom. The second kappa shape index (κ2) is 18.2. The van der Waals surface area contributed by atoms with Crippen LogP contribution in [0.2, 0.25) is 15.1 Å². The van der Waals surface area contributed by atoms with Crippen LogP contribution in [0.25, 0.3) is 0 Å². The molecule has 1 aromatic rings. The Morgan fingerprint density at radius 2 is 0.867 bits per heavy atom. The fourth-order valence-electron chi connectivity index (χ4n) is 0.477. The van der Waals surface area contributed by atoms with E-state index >= 15 is 0 Å². The largest absolute Gasteiger partial charge is 0.147 e. The Morgan fingerprint density at radius 3 is 1.07 bits per heavy atom. The summed E-state index contributed by atoms with van der Waals surface area (Å²) in [4.78, 5) is 0. The molecule has 0 saturated heterocycles. The summed E-state index contributed by atoms with van der Waals surface area (Å²) < 4.78 is 0. The minimum atomic E-state index is 0. The van der Waals surface area contributed by atoms with Crippen LogP contribution in [0, 0.1) is 0 Å². The smallest absolute Gasteiger partial charge is 0.0778 e. The zero-order chi connectivity index (χ0) is 6.85. The summed E-state index contributed by atoms with van der Waals surface area (Å²) in [6, 6.07) is 5.13. The topological polar surface area (TPSA) is 0 Å². The molecule has 96 valence electrons. The number of benzene rings is 1. The molecular weight excluding hydrogens is 391 g/mol. The van der Waals surface area contributed by atoms with Gasteiger partial charge < -0.3 is 0 Å². The quantitative estimate of drug-likeness (QED) is 0.457. The molecule has 0 heterocycles. The van der Waals surface area contributed by atoms with Gasteiger partial charge in [-0.05, 0) is 12.1 Å². The second-order valence-corrected chi connectivity index (χ2v) is 2.73. The predicted molar refractivity (Wildman–Crippen MR) is 85.0 cm³/mol. The van der Waals surface area contributed by atoms with Crippen LogP contribution in [-0.4, -0.2) is 0 Å². The average Bonchev–Trinajstić information content (AvgIpc) is 1.83. The first-order valence-corrected chi connectivity index (χ1v) is 3.44. The van der Waals surface area contributed by atoms with Crippen molar-refractivity contribution in [2.24, 2.45) is 0 Å². The van der Waals surface area contributed by atoms with Crippen molar-refractivity contribution in [1.82, 2.24) is 0 Å². The lowest BCUT2D eigenvalue weighted by Crippen LogP contribution is -1.67. The van der Waals surface area contributed by atoms with Crippen molar-refractivity contribution in [1.29, 1.82) is 0 Å². The number of rotatable bonds is 0. The Labute approximate surface area is 141 Å². The van der Waals surface area contributed by atoms with Gasteiger partial charge in [0.25, 0.3) is 0 Å². The lowest BCUT2D eigenvalue weighted by molar-refractivity contribution is 1.70. The fourth-order valence-corrected chi connectivity index (χ4v) is 1.00. The predicted octanol–water partition coefficient (Wildman–Crippen LogP) is 6.18. The van der Waals surface area contributed by atoms with Crippen molar-refractivity contribution in [2.45, 2.75) is 0 Å². The molecule has 0 spiro atoms. The average molecular weight is 400 g/mol. The summed E-state index contributed by atoms with van der Waals surface area (Å²) in [7, 11) is 0. The van der Waals surface area contributed by atoms with Crippen LogP contribution >= 0.6 is 109 Å². The molecule has 0 saturated carbocycles. The monoisotopic (exact) mass is 396 g/mol. The number of hydrogen-bond acceptors (Lipinski definition) is 0. The molecule has 0 aliphatic rings. The van der Waals surface area contributed by atoms with Crippen molar-refractivity contribution < 1.29 is 0 Å². The Kier molecular flexibility index (Phi) is 43.6. The molecule has 0 N–H and O–H groups in total. The van der Waals surface area contributed by atoms with Gasteiger partial charge in [0.2, 0.25) is 0 Å². The first kappa shape index (κ1) is 36.0. The van der Waals surface area contributed by atoms with E-state index in [1.807, 2.05) is 0 Å². The van der Waals surface area contributed by atoms with Crippen LogP contribution < -0.4 is 0 Å². The number of halogens is 9. The van der Waals surface area contributed by atoms with Crippen LogP contribution in [0.15, 0.2) is 18.2 Å². The van der Waals surface area contributed by atoms with Gasteiger partial charge in [0.1, 0.15) is 0 Å². The molecule has 9 heteroatoms. The first-order chi connectivity index (χ1) is 4.22. The molecule has 0 aliphatic carbocycles. The third-order valence-corrected chi connectivity index (χ3v) is 2.14. The minimum Gasteiger partial charge on any atom is -0.147 e. The highest BCUT2D eigenvalue weighted by Gasteiger charge is 1.98. The van der Waals surface area contributed by atoms with Crippen LogP contribution in [0.4, 0.5) is 0 Å². The summed E-state index contributed by atoms with van der Waals surface area (Å²) in [6.07, 6.45) is 0. The van der Waals surface area contributed by atoms with E-state index in [0.717, 1.165) is 0 Å². The van der Waals surface area contributed by atoms with Crippen molar-refractivity contribution in [3.8, 4) is 0 Å². The maximum atomic E-state index is 5.61. The van der Waals surface area contributed by atoms with Crippen molar-refractivity contribution >= 4 is 109 Å². The summed E-state index contributed by atoms with van der Waals surface area (Å²) in [6.45, 7) is 0. The van der Waals surface area contributed by atoms with E-state index in [9.17, 15) is 0 Å². The highest BCUT2D eigenvalue weighted by Crippen LogP contribution is 2.28. The van der Waals surface area contributed by atoms with E-state index < -0.39 is 0 Å². The number of hydrogen-bond donors (Lipinski definition) is 0. The Balaban J connectivity index is -0.0000000337. The van der Waals surface area contributed by atoms with E-state index in [1.165, 1.54) is 0 Å². The van der Waals surface area contributed by atoms with Crippen molar-refractivity contribution in [3.05, 3.63) is 33.3 Å². The summed E-state index contributed by atoms with van der Waals surface area (Å²) in [5, 5.41) is 1.40. The van der Waals surface area contributed by atoms with Gasteiger partial charge in [0, 0.05) is 0 Å². The van der Waals surface area contributed by atoms with Gasteiger partial charge in [-0.25, -0.2) is 0 Å².